The van der Waals surface area contributed by atoms with Crippen molar-refractivity contribution in [3.63, 3.8) is 0 Å². The smallest absolute Gasteiger partial charge is 0.0462 e. The highest BCUT2D eigenvalue weighted by Gasteiger charge is 2.12. The van der Waals surface area contributed by atoms with E-state index in [4.69, 9.17) is 5.84 Å². The Bertz CT molecular complexity index is 307. The standard InChI is InChI=1S/C14H24N2/c1-4-12-7-5-6-8-13(12)14(16-15)10-9-11(2)3/h5-8,11,14,16H,4,9-10,15H2,1-3H3. The minimum Gasteiger partial charge on any atom is -0.271 e. The lowest BCUT2D eigenvalue weighted by molar-refractivity contribution is 0.446. The van der Waals surface area contributed by atoms with Crippen LogP contribution >= 0.6 is 0 Å². The molecule has 0 aliphatic heterocycles. The van der Waals surface area contributed by atoms with Crippen molar-refractivity contribution in [2.75, 3.05) is 0 Å². The van der Waals surface area contributed by atoms with Gasteiger partial charge in [0.2, 0.25) is 0 Å². The van der Waals surface area contributed by atoms with Gasteiger partial charge in [-0.05, 0) is 36.3 Å². The van der Waals surface area contributed by atoms with Crippen LogP contribution < -0.4 is 11.3 Å². The van der Waals surface area contributed by atoms with E-state index in [1.54, 1.807) is 0 Å². The first-order valence-electron chi connectivity index (χ1n) is 6.23. The number of nitrogens with one attached hydrogen (secondary N) is 1. The molecule has 0 fully saturated rings. The second-order valence-corrected chi connectivity index (χ2v) is 4.74. The van der Waals surface area contributed by atoms with Gasteiger partial charge in [-0.2, -0.15) is 0 Å². The molecule has 0 aromatic heterocycles. The zero-order valence-corrected chi connectivity index (χ0v) is 10.7. The summed E-state index contributed by atoms with van der Waals surface area (Å²) >= 11 is 0. The molecule has 16 heavy (non-hydrogen) atoms. The quantitative estimate of drug-likeness (QED) is 0.571. The monoisotopic (exact) mass is 220 g/mol. The van der Waals surface area contributed by atoms with E-state index in [2.05, 4.69) is 50.5 Å². The fourth-order valence-electron chi connectivity index (χ4n) is 2.02. The maximum atomic E-state index is 5.66. The number of benzene rings is 1. The number of hydrogen-bond donors (Lipinski definition) is 2. The lowest BCUT2D eigenvalue weighted by Gasteiger charge is -2.20. The van der Waals surface area contributed by atoms with Gasteiger partial charge in [0.25, 0.3) is 0 Å². The molecule has 1 unspecified atom stereocenters. The van der Waals surface area contributed by atoms with Gasteiger partial charge < -0.3 is 0 Å². The molecule has 0 saturated heterocycles. The Morgan fingerprint density at radius 3 is 2.44 bits per heavy atom. The van der Waals surface area contributed by atoms with Gasteiger partial charge in [-0.25, -0.2) is 0 Å². The molecule has 1 aromatic carbocycles. The topological polar surface area (TPSA) is 38.0 Å². The normalized spacial score (nSPS) is 13.1. The molecule has 0 spiro atoms. The van der Waals surface area contributed by atoms with E-state index in [-0.39, 0.29) is 0 Å². The van der Waals surface area contributed by atoms with Crippen molar-refractivity contribution in [3.05, 3.63) is 35.4 Å². The summed E-state index contributed by atoms with van der Waals surface area (Å²) < 4.78 is 0. The van der Waals surface area contributed by atoms with Gasteiger partial charge in [0.05, 0.1) is 0 Å². The fraction of sp³-hybridized carbons (Fsp3) is 0.571. The van der Waals surface area contributed by atoms with Gasteiger partial charge in [-0.1, -0.05) is 45.0 Å². The van der Waals surface area contributed by atoms with Crippen molar-refractivity contribution in [1.82, 2.24) is 5.43 Å². The Morgan fingerprint density at radius 2 is 1.88 bits per heavy atom. The number of nitrogens with two attached hydrogens (primary N) is 1. The second kappa shape index (κ2) is 6.66. The fourth-order valence-corrected chi connectivity index (χ4v) is 2.02. The first-order chi connectivity index (χ1) is 7.69. The van der Waals surface area contributed by atoms with Crippen LogP contribution in [0.1, 0.15) is 50.8 Å². The third-order valence-corrected chi connectivity index (χ3v) is 3.05. The summed E-state index contributed by atoms with van der Waals surface area (Å²) in [5, 5.41) is 0. The summed E-state index contributed by atoms with van der Waals surface area (Å²) in [6.07, 6.45) is 3.37. The molecule has 0 radical (unpaired) electrons. The summed E-state index contributed by atoms with van der Waals surface area (Å²) in [7, 11) is 0. The molecule has 0 amide bonds. The maximum Gasteiger partial charge on any atom is 0.0462 e. The van der Waals surface area contributed by atoms with E-state index >= 15 is 0 Å². The number of aryl methyl sites for hydroxylation is 1. The summed E-state index contributed by atoms with van der Waals surface area (Å²) in [6, 6.07) is 8.85. The molecule has 0 aliphatic rings. The van der Waals surface area contributed by atoms with Crippen molar-refractivity contribution in [1.29, 1.82) is 0 Å². The largest absolute Gasteiger partial charge is 0.271 e. The van der Waals surface area contributed by atoms with E-state index in [9.17, 15) is 0 Å². The zero-order chi connectivity index (χ0) is 12.0. The average molecular weight is 220 g/mol. The maximum absolute atomic E-state index is 5.66. The van der Waals surface area contributed by atoms with Gasteiger partial charge in [0, 0.05) is 6.04 Å². The van der Waals surface area contributed by atoms with Crippen LogP contribution in [0.5, 0.6) is 0 Å². The average Bonchev–Trinajstić information content (AvgIpc) is 2.30. The molecule has 1 aromatic rings. The van der Waals surface area contributed by atoms with Crippen LogP contribution in [0.4, 0.5) is 0 Å². The van der Waals surface area contributed by atoms with Crippen molar-refractivity contribution in [2.45, 2.75) is 46.1 Å². The molecule has 0 heterocycles. The molecule has 3 N–H and O–H groups in total. The van der Waals surface area contributed by atoms with Crippen molar-refractivity contribution >= 4 is 0 Å². The highest BCUT2D eigenvalue weighted by molar-refractivity contribution is 5.29. The molecule has 1 rings (SSSR count). The molecule has 0 saturated carbocycles. The lowest BCUT2D eigenvalue weighted by atomic mass is 9.93. The molecule has 0 aliphatic carbocycles. The first kappa shape index (κ1) is 13.2. The SMILES string of the molecule is CCc1ccccc1C(CCC(C)C)NN. The molecule has 2 heteroatoms. The van der Waals surface area contributed by atoms with Crippen molar-refractivity contribution in [2.24, 2.45) is 11.8 Å². The Hall–Kier alpha value is -0.860. The van der Waals surface area contributed by atoms with Gasteiger partial charge in [-0.15, -0.1) is 0 Å². The van der Waals surface area contributed by atoms with E-state index in [1.165, 1.54) is 17.5 Å². The Labute approximate surface area is 99.2 Å². The summed E-state index contributed by atoms with van der Waals surface area (Å²) in [6.45, 7) is 6.69. The highest BCUT2D eigenvalue weighted by Crippen LogP contribution is 2.23. The zero-order valence-electron chi connectivity index (χ0n) is 10.7. The second-order valence-electron chi connectivity index (χ2n) is 4.74. The lowest BCUT2D eigenvalue weighted by Crippen LogP contribution is -2.29. The minimum atomic E-state index is 0.290. The number of hydrazine groups is 1. The third-order valence-electron chi connectivity index (χ3n) is 3.05. The predicted molar refractivity (Wildman–Crippen MR) is 70.0 cm³/mol. The highest BCUT2D eigenvalue weighted by atomic mass is 15.2. The van der Waals surface area contributed by atoms with Crippen molar-refractivity contribution in [3.8, 4) is 0 Å². The minimum absolute atomic E-state index is 0.290. The summed E-state index contributed by atoms with van der Waals surface area (Å²) in [5.41, 5.74) is 5.70. The van der Waals surface area contributed by atoms with Crippen LogP contribution in [-0.2, 0) is 6.42 Å². The Morgan fingerprint density at radius 1 is 1.19 bits per heavy atom. The van der Waals surface area contributed by atoms with E-state index in [1.807, 2.05) is 0 Å². The van der Waals surface area contributed by atoms with E-state index < -0.39 is 0 Å². The van der Waals surface area contributed by atoms with Crippen LogP contribution in [0, 0.1) is 5.92 Å². The third kappa shape index (κ3) is 3.62. The molecule has 1 atom stereocenters. The van der Waals surface area contributed by atoms with Crippen LogP contribution in [0.25, 0.3) is 0 Å². The Balaban J connectivity index is 2.77. The van der Waals surface area contributed by atoms with Gasteiger partial charge in [0.1, 0.15) is 0 Å². The van der Waals surface area contributed by atoms with Crippen LogP contribution in [0.3, 0.4) is 0 Å². The predicted octanol–water partition coefficient (Wildman–Crippen LogP) is 3.19. The summed E-state index contributed by atoms with van der Waals surface area (Å²) in [4.78, 5) is 0. The molecule has 0 bridgehead atoms. The molecule has 2 nitrogen and oxygen atoms in total. The van der Waals surface area contributed by atoms with Crippen LogP contribution in [0.15, 0.2) is 24.3 Å². The van der Waals surface area contributed by atoms with Crippen molar-refractivity contribution < 1.29 is 0 Å². The van der Waals surface area contributed by atoms with Gasteiger partial charge >= 0.3 is 0 Å². The van der Waals surface area contributed by atoms with Gasteiger partial charge in [0.15, 0.2) is 0 Å². The van der Waals surface area contributed by atoms with E-state index in [0.717, 1.165) is 18.8 Å². The van der Waals surface area contributed by atoms with E-state index in [0.29, 0.717) is 6.04 Å². The van der Waals surface area contributed by atoms with Crippen LogP contribution in [0.2, 0.25) is 0 Å². The Kier molecular flexibility index (Phi) is 5.50. The molecular weight excluding hydrogens is 196 g/mol. The van der Waals surface area contributed by atoms with Gasteiger partial charge in [-0.3, -0.25) is 11.3 Å². The number of rotatable bonds is 6. The van der Waals surface area contributed by atoms with Crippen LogP contribution in [-0.4, -0.2) is 0 Å². The molecule has 90 valence electrons. The number of hydrogen-bond acceptors (Lipinski definition) is 2. The molecular formula is C14H24N2. The summed E-state index contributed by atoms with van der Waals surface area (Å²) in [5.74, 6) is 6.39. The first-order valence-corrected chi connectivity index (χ1v) is 6.23.